The molecule has 2 nitrogen and oxygen atoms in total. The van der Waals surface area contributed by atoms with E-state index in [0.29, 0.717) is 12.1 Å². The maximum absolute atomic E-state index is 2.73. The van der Waals surface area contributed by atoms with Gasteiger partial charge < -0.3 is 9.80 Å². The first-order chi connectivity index (χ1) is 12.9. The third-order valence-electron chi connectivity index (χ3n) is 6.64. The van der Waals surface area contributed by atoms with Crippen molar-refractivity contribution in [2.45, 2.75) is 79.3 Å². The highest BCUT2D eigenvalue weighted by Crippen LogP contribution is 2.42. The number of anilines is 2. The van der Waals surface area contributed by atoms with Gasteiger partial charge in [-0.05, 0) is 76.6 Å². The fourth-order valence-electron chi connectivity index (χ4n) is 5.92. The molecule has 0 bridgehead atoms. The molecule has 144 valence electrons. The van der Waals surface area contributed by atoms with Crippen LogP contribution >= 0.6 is 0 Å². The van der Waals surface area contributed by atoms with Crippen LogP contribution in [0.15, 0.2) is 24.3 Å². The Labute approximate surface area is 165 Å². The molecule has 1 saturated heterocycles. The lowest BCUT2D eigenvalue weighted by Gasteiger charge is -2.35. The SMILES string of the molecule is Cc1cc(C)c(N2CN(c3c(C)cc(C)cc3C)[C@@H]3CCCC[C@H]32)c(C)c1. The van der Waals surface area contributed by atoms with Crippen LogP contribution in [0, 0.1) is 41.5 Å². The summed E-state index contributed by atoms with van der Waals surface area (Å²) in [5.74, 6) is 0. The van der Waals surface area contributed by atoms with Crippen LogP contribution in [-0.2, 0) is 0 Å². The Bertz CT molecular complexity index is 749. The molecule has 0 amide bonds. The lowest BCUT2D eigenvalue weighted by molar-refractivity contribution is 0.408. The number of nitrogens with zero attached hydrogens (tertiary/aromatic N) is 2. The third kappa shape index (κ3) is 3.13. The summed E-state index contributed by atoms with van der Waals surface area (Å²) < 4.78 is 0. The van der Waals surface area contributed by atoms with Crippen LogP contribution in [0.1, 0.15) is 59.1 Å². The molecule has 0 radical (unpaired) electrons. The van der Waals surface area contributed by atoms with Crippen molar-refractivity contribution in [1.82, 2.24) is 0 Å². The second-order valence-electron chi connectivity index (χ2n) is 8.99. The minimum absolute atomic E-state index is 0.638. The fourth-order valence-corrected chi connectivity index (χ4v) is 5.92. The van der Waals surface area contributed by atoms with Crippen molar-refractivity contribution >= 4 is 11.4 Å². The molecule has 0 spiro atoms. The normalized spacial score (nSPS) is 22.3. The summed E-state index contributed by atoms with van der Waals surface area (Å²) in [6, 6.07) is 10.7. The van der Waals surface area contributed by atoms with E-state index in [-0.39, 0.29) is 0 Å². The number of rotatable bonds is 2. The minimum atomic E-state index is 0.638. The molecule has 27 heavy (non-hydrogen) atoms. The van der Waals surface area contributed by atoms with Crippen molar-refractivity contribution < 1.29 is 0 Å². The van der Waals surface area contributed by atoms with Crippen molar-refractivity contribution in [3.05, 3.63) is 57.6 Å². The Morgan fingerprint density at radius 1 is 0.593 bits per heavy atom. The van der Waals surface area contributed by atoms with Gasteiger partial charge in [0.1, 0.15) is 0 Å². The van der Waals surface area contributed by atoms with E-state index in [9.17, 15) is 0 Å². The van der Waals surface area contributed by atoms with Crippen molar-refractivity contribution in [2.75, 3.05) is 16.5 Å². The molecule has 2 atom stereocenters. The molecule has 0 aromatic heterocycles. The van der Waals surface area contributed by atoms with E-state index in [4.69, 9.17) is 0 Å². The van der Waals surface area contributed by atoms with Crippen LogP contribution in [0.4, 0.5) is 11.4 Å². The molecule has 1 aliphatic carbocycles. The summed E-state index contributed by atoms with van der Waals surface area (Å²) in [5, 5.41) is 0. The molecule has 0 N–H and O–H groups in total. The zero-order valence-corrected chi connectivity index (χ0v) is 17.9. The summed E-state index contributed by atoms with van der Waals surface area (Å²) in [6.45, 7) is 14.6. The Balaban J connectivity index is 1.79. The van der Waals surface area contributed by atoms with Crippen LogP contribution in [0.25, 0.3) is 0 Å². The predicted molar refractivity (Wildman–Crippen MR) is 117 cm³/mol. The highest BCUT2D eigenvalue weighted by molar-refractivity contribution is 5.68. The molecule has 2 aliphatic rings. The van der Waals surface area contributed by atoms with Gasteiger partial charge in [0.15, 0.2) is 0 Å². The zero-order chi connectivity index (χ0) is 19.3. The average Bonchev–Trinajstić information content (AvgIpc) is 2.93. The van der Waals surface area contributed by atoms with Gasteiger partial charge in [-0.15, -0.1) is 0 Å². The summed E-state index contributed by atoms with van der Waals surface area (Å²) in [4.78, 5) is 5.46. The van der Waals surface area contributed by atoms with Crippen LogP contribution in [-0.4, -0.2) is 18.8 Å². The Morgan fingerprint density at radius 2 is 0.926 bits per heavy atom. The summed E-state index contributed by atoms with van der Waals surface area (Å²) in [6.07, 6.45) is 5.36. The predicted octanol–water partition coefficient (Wildman–Crippen LogP) is 6.13. The monoisotopic (exact) mass is 362 g/mol. The number of aryl methyl sites for hydroxylation is 6. The second-order valence-corrected chi connectivity index (χ2v) is 8.99. The highest BCUT2D eigenvalue weighted by atomic mass is 15.4. The maximum atomic E-state index is 2.73. The number of hydrogen-bond acceptors (Lipinski definition) is 2. The van der Waals surface area contributed by atoms with Crippen LogP contribution in [0.2, 0.25) is 0 Å². The van der Waals surface area contributed by atoms with Gasteiger partial charge in [0.25, 0.3) is 0 Å². The van der Waals surface area contributed by atoms with E-state index >= 15 is 0 Å². The zero-order valence-electron chi connectivity index (χ0n) is 17.9. The van der Waals surface area contributed by atoms with E-state index in [0.717, 1.165) is 6.67 Å². The van der Waals surface area contributed by atoms with E-state index < -0.39 is 0 Å². The van der Waals surface area contributed by atoms with Crippen LogP contribution < -0.4 is 9.80 Å². The Hall–Kier alpha value is -1.96. The Kier molecular flexibility index (Phi) is 4.70. The standard InChI is InChI=1S/C25H34N2/c1-16-11-18(3)24(19(4)12-16)26-15-27(23-10-8-7-9-22(23)26)25-20(5)13-17(2)14-21(25)6/h11-14,22-23H,7-10,15H2,1-6H3/t22-,23-/m1/s1. The van der Waals surface area contributed by atoms with Crippen LogP contribution in [0.5, 0.6) is 0 Å². The maximum Gasteiger partial charge on any atom is 0.0910 e. The van der Waals surface area contributed by atoms with Gasteiger partial charge in [-0.2, -0.15) is 0 Å². The second kappa shape index (κ2) is 6.89. The van der Waals surface area contributed by atoms with Gasteiger partial charge in [-0.25, -0.2) is 0 Å². The first-order valence-electron chi connectivity index (χ1n) is 10.6. The molecule has 2 fully saturated rings. The first kappa shape index (κ1) is 18.4. The lowest BCUT2D eigenvalue weighted by atomic mass is 9.88. The molecule has 2 heteroatoms. The van der Waals surface area contributed by atoms with Gasteiger partial charge in [0, 0.05) is 11.4 Å². The molecule has 2 aromatic rings. The fraction of sp³-hybridized carbons (Fsp3) is 0.520. The quantitative estimate of drug-likeness (QED) is 0.634. The van der Waals surface area contributed by atoms with Crippen LogP contribution in [0.3, 0.4) is 0 Å². The van der Waals surface area contributed by atoms with Gasteiger partial charge in [0.2, 0.25) is 0 Å². The molecular formula is C25H34N2. The van der Waals surface area contributed by atoms with E-state index in [1.165, 1.54) is 70.4 Å². The van der Waals surface area contributed by atoms with E-state index in [1.807, 2.05) is 0 Å². The van der Waals surface area contributed by atoms with Gasteiger partial charge in [0.05, 0.1) is 18.8 Å². The summed E-state index contributed by atoms with van der Waals surface area (Å²) in [5.41, 5.74) is 11.4. The summed E-state index contributed by atoms with van der Waals surface area (Å²) in [7, 11) is 0. The molecule has 1 saturated carbocycles. The molecule has 2 aromatic carbocycles. The molecule has 1 aliphatic heterocycles. The number of hydrogen-bond donors (Lipinski definition) is 0. The van der Waals surface area contributed by atoms with E-state index in [2.05, 4.69) is 75.6 Å². The topological polar surface area (TPSA) is 6.48 Å². The molecule has 1 heterocycles. The first-order valence-corrected chi connectivity index (χ1v) is 10.6. The van der Waals surface area contributed by atoms with Gasteiger partial charge in [-0.1, -0.05) is 48.2 Å². The smallest absolute Gasteiger partial charge is 0.0910 e. The largest absolute Gasteiger partial charge is 0.348 e. The number of fused-ring (bicyclic) bond motifs is 1. The van der Waals surface area contributed by atoms with E-state index in [1.54, 1.807) is 0 Å². The van der Waals surface area contributed by atoms with Crippen molar-refractivity contribution in [3.63, 3.8) is 0 Å². The van der Waals surface area contributed by atoms with Gasteiger partial charge in [-0.3, -0.25) is 0 Å². The molecule has 0 unspecified atom stereocenters. The highest BCUT2D eigenvalue weighted by Gasteiger charge is 2.42. The van der Waals surface area contributed by atoms with Crippen molar-refractivity contribution in [2.24, 2.45) is 0 Å². The van der Waals surface area contributed by atoms with Gasteiger partial charge >= 0.3 is 0 Å². The third-order valence-corrected chi connectivity index (χ3v) is 6.64. The average molecular weight is 363 g/mol. The minimum Gasteiger partial charge on any atom is -0.348 e. The summed E-state index contributed by atoms with van der Waals surface area (Å²) >= 11 is 0. The molecular weight excluding hydrogens is 328 g/mol. The lowest BCUT2D eigenvalue weighted by Crippen LogP contribution is -2.40. The number of benzene rings is 2. The van der Waals surface area contributed by atoms with Crippen molar-refractivity contribution in [3.8, 4) is 0 Å². The van der Waals surface area contributed by atoms with Crippen molar-refractivity contribution in [1.29, 1.82) is 0 Å². The molecule has 4 rings (SSSR count). The Morgan fingerprint density at radius 3 is 1.26 bits per heavy atom.